The lowest BCUT2D eigenvalue weighted by Crippen LogP contribution is -2.38. The number of nitriles is 1. The van der Waals surface area contributed by atoms with Gasteiger partial charge in [-0.1, -0.05) is 0 Å². The van der Waals surface area contributed by atoms with Crippen molar-refractivity contribution in [3.05, 3.63) is 18.0 Å². The molecule has 1 aliphatic rings. The van der Waals surface area contributed by atoms with Gasteiger partial charge >= 0.3 is 6.01 Å². The summed E-state index contributed by atoms with van der Waals surface area (Å²) in [5, 5.41) is 8.64. The van der Waals surface area contributed by atoms with Crippen molar-refractivity contribution >= 4 is 0 Å². The minimum atomic E-state index is 0.160. The second-order valence-corrected chi connectivity index (χ2v) is 3.65. The normalized spacial score (nSPS) is 24.0. The van der Waals surface area contributed by atoms with Gasteiger partial charge in [-0.2, -0.15) is 10.2 Å². The van der Waals surface area contributed by atoms with Crippen LogP contribution in [0.1, 0.15) is 18.5 Å². The van der Waals surface area contributed by atoms with Gasteiger partial charge in [0.05, 0.1) is 0 Å². The molecular weight excluding hydrogens is 192 g/mol. The van der Waals surface area contributed by atoms with Gasteiger partial charge in [0.25, 0.3) is 0 Å². The molecule has 5 heteroatoms. The van der Waals surface area contributed by atoms with Gasteiger partial charge in [0, 0.05) is 6.20 Å². The van der Waals surface area contributed by atoms with Gasteiger partial charge < -0.3 is 10.5 Å². The SMILES string of the molecule is N#Cc1ccnc(OC2CC(CN)C2)n1. The molecule has 1 aliphatic carbocycles. The molecule has 0 bridgehead atoms. The first-order chi connectivity index (χ1) is 7.31. The Kier molecular flexibility index (Phi) is 2.79. The number of ether oxygens (including phenoxy) is 1. The van der Waals surface area contributed by atoms with E-state index in [1.807, 2.05) is 6.07 Å². The standard InChI is InChI=1S/C10H12N4O/c11-5-7-3-9(4-7)15-10-13-2-1-8(6-12)14-10/h1-2,7,9H,3-5,11H2. The van der Waals surface area contributed by atoms with Crippen LogP contribution in [-0.4, -0.2) is 22.6 Å². The first kappa shape index (κ1) is 9.87. The summed E-state index contributed by atoms with van der Waals surface area (Å²) in [7, 11) is 0. The van der Waals surface area contributed by atoms with Crippen molar-refractivity contribution in [3.8, 4) is 12.1 Å². The minimum absolute atomic E-state index is 0.160. The highest BCUT2D eigenvalue weighted by atomic mass is 16.5. The van der Waals surface area contributed by atoms with E-state index in [1.165, 1.54) is 6.20 Å². The zero-order valence-corrected chi connectivity index (χ0v) is 8.26. The zero-order valence-electron chi connectivity index (χ0n) is 8.26. The summed E-state index contributed by atoms with van der Waals surface area (Å²) in [6.07, 6.45) is 3.60. The van der Waals surface area contributed by atoms with Crippen LogP contribution in [-0.2, 0) is 0 Å². The lowest BCUT2D eigenvalue weighted by Gasteiger charge is -2.33. The molecule has 0 radical (unpaired) electrons. The number of hydrogen-bond donors (Lipinski definition) is 1. The van der Waals surface area contributed by atoms with Crippen LogP contribution >= 0.6 is 0 Å². The van der Waals surface area contributed by atoms with E-state index in [2.05, 4.69) is 9.97 Å². The predicted molar refractivity (Wildman–Crippen MR) is 52.9 cm³/mol. The Balaban J connectivity index is 1.92. The zero-order chi connectivity index (χ0) is 10.7. The Morgan fingerprint density at radius 2 is 2.40 bits per heavy atom. The topological polar surface area (TPSA) is 84.8 Å². The van der Waals surface area contributed by atoms with Gasteiger partial charge in [-0.15, -0.1) is 0 Å². The van der Waals surface area contributed by atoms with E-state index in [0.29, 0.717) is 18.2 Å². The van der Waals surface area contributed by atoms with Crippen molar-refractivity contribution in [1.82, 2.24) is 9.97 Å². The molecule has 1 aromatic rings. The maximum Gasteiger partial charge on any atom is 0.317 e. The molecule has 1 fully saturated rings. The number of nitrogens with zero attached hydrogens (tertiary/aromatic N) is 3. The monoisotopic (exact) mass is 204 g/mol. The Morgan fingerprint density at radius 3 is 3.07 bits per heavy atom. The van der Waals surface area contributed by atoms with E-state index in [9.17, 15) is 0 Å². The number of rotatable bonds is 3. The highest BCUT2D eigenvalue weighted by Crippen LogP contribution is 2.29. The van der Waals surface area contributed by atoms with Crippen LogP contribution in [0.2, 0.25) is 0 Å². The highest BCUT2D eigenvalue weighted by Gasteiger charge is 2.30. The molecule has 1 heterocycles. The summed E-state index contributed by atoms with van der Waals surface area (Å²) < 4.78 is 5.50. The average Bonchev–Trinajstić information content (AvgIpc) is 2.23. The lowest BCUT2D eigenvalue weighted by molar-refractivity contribution is 0.0603. The first-order valence-corrected chi connectivity index (χ1v) is 4.91. The largest absolute Gasteiger partial charge is 0.460 e. The van der Waals surface area contributed by atoms with Gasteiger partial charge in [-0.05, 0) is 31.4 Å². The molecule has 15 heavy (non-hydrogen) atoms. The molecule has 0 aromatic carbocycles. The number of nitrogens with two attached hydrogens (primary N) is 1. The van der Waals surface area contributed by atoms with Crippen LogP contribution in [0.15, 0.2) is 12.3 Å². The maximum absolute atomic E-state index is 8.64. The van der Waals surface area contributed by atoms with Crippen LogP contribution in [0, 0.1) is 17.2 Å². The molecule has 0 amide bonds. The summed E-state index contributed by atoms with van der Waals surface area (Å²) in [6, 6.07) is 3.78. The van der Waals surface area contributed by atoms with Crippen molar-refractivity contribution in [1.29, 1.82) is 5.26 Å². The third kappa shape index (κ3) is 2.22. The van der Waals surface area contributed by atoms with Crippen molar-refractivity contribution in [2.45, 2.75) is 18.9 Å². The third-order valence-corrected chi connectivity index (χ3v) is 2.55. The van der Waals surface area contributed by atoms with Crippen LogP contribution in [0.25, 0.3) is 0 Å². The van der Waals surface area contributed by atoms with Gasteiger partial charge in [-0.25, -0.2) is 4.98 Å². The van der Waals surface area contributed by atoms with Crippen molar-refractivity contribution in [3.63, 3.8) is 0 Å². The summed E-state index contributed by atoms with van der Waals surface area (Å²) in [5.41, 5.74) is 5.83. The molecule has 1 saturated carbocycles. The molecule has 0 atom stereocenters. The third-order valence-electron chi connectivity index (χ3n) is 2.55. The fourth-order valence-corrected chi connectivity index (χ4v) is 1.57. The molecule has 0 unspecified atom stereocenters. The van der Waals surface area contributed by atoms with E-state index < -0.39 is 0 Å². The van der Waals surface area contributed by atoms with E-state index >= 15 is 0 Å². The Morgan fingerprint density at radius 1 is 1.60 bits per heavy atom. The summed E-state index contributed by atoms with van der Waals surface area (Å²) >= 11 is 0. The van der Waals surface area contributed by atoms with Crippen LogP contribution in [0.4, 0.5) is 0 Å². The van der Waals surface area contributed by atoms with Gasteiger partial charge in [0.15, 0.2) is 0 Å². The van der Waals surface area contributed by atoms with Crippen molar-refractivity contribution in [2.75, 3.05) is 6.54 Å². The average molecular weight is 204 g/mol. The van der Waals surface area contributed by atoms with Gasteiger partial charge in [0.1, 0.15) is 17.9 Å². The minimum Gasteiger partial charge on any atom is -0.460 e. The second-order valence-electron chi connectivity index (χ2n) is 3.65. The van der Waals surface area contributed by atoms with E-state index in [1.54, 1.807) is 6.07 Å². The summed E-state index contributed by atoms with van der Waals surface area (Å²) in [6.45, 7) is 0.707. The molecule has 0 saturated heterocycles. The molecule has 1 aromatic heterocycles. The molecular formula is C10H12N4O. The molecule has 0 spiro atoms. The Labute approximate surface area is 87.9 Å². The fraction of sp³-hybridized carbons (Fsp3) is 0.500. The second kappa shape index (κ2) is 4.24. The highest BCUT2D eigenvalue weighted by molar-refractivity contribution is 5.19. The van der Waals surface area contributed by atoms with Crippen LogP contribution in [0.3, 0.4) is 0 Å². The molecule has 78 valence electrons. The Bertz CT molecular complexity index is 381. The Hall–Kier alpha value is -1.67. The fourth-order valence-electron chi connectivity index (χ4n) is 1.57. The lowest BCUT2D eigenvalue weighted by atomic mass is 9.82. The summed E-state index contributed by atoms with van der Waals surface area (Å²) in [5.74, 6) is 0.564. The molecule has 2 N–H and O–H groups in total. The van der Waals surface area contributed by atoms with Crippen LogP contribution in [0.5, 0.6) is 6.01 Å². The molecule has 2 rings (SSSR count). The molecule has 0 aliphatic heterocycles. The maximum atomic E-state index is 8.64. The van der Waals surface area contributed by atoms with E-state index in [4.69, 9.17) is 15.7 Å². The molecule has 5 nitrogen and oxygen atoms in total. The number of aromatic nitrogens is 2. The van der Waals surface area contributed by atoms with Gasteiger partial charge in [0.2, 0.25) is 0 Å². The first-order valence-electron chi connectivity index (χ1n) is 4.91. The smallest absolute Gasteiger partial charge is 0.317 e. The van der Waals surface area contributed by atoms with E-state index in [0.717, 1.165) is 12.8 Å². The number of hydrogen-bond acceptors (Lipinski definition) is 5. The van der Waals surface area contributed by atoms with Crippen molar-refractivity contribution < 1.29 is 4.74 Å². The predicted octanol–water partition coefficient (Wildman–Crippen LogP) is 0.464. The van der Waals surface area contributed by atoms with Crippen LogP contribution < -0.4 is 10.5 Å². The van der Waals surface area contributed by atoms with E-state index in [-0.39, 0.29) is 12.1 Å². The quantitative estimate of drug-likeness (QED) is 0.773. The summed E-state index contributed by atoms with van der Waals surface area (Å²) in [4.78, 5) is 7.88. The van der Waals surface area contributed by atoms with Crippen molar-refractivity contribution in [2.24, 2.45) is 11.7 Å². The van der Waals surface area contributed by atoms with Gasteiger partial charge in [-0.3, -0.25) is 0 Å².